The number of carbonyl (C=O) groups excluding carboxylic acids is 1. The van der Waals surface area contributed by atoms with E-state index in [0.29, 0.717) is 5.57 Å². The third-order valence-corrected chi connectivity index (χ3v) is 0.897. The number of amides is 1. The third-order valence-electron chi connectivity index (χ3n) is 0.897. The first-order valence-corrected chi connectivity index (χ1v) is 2.74. The standard InChI is InChI=1S/C7H10NO/c1-3-4-5-6(2)7(8)9/h3-5,8H,1-2H3. The average Bonchev–Trinajstić information content (AvgIpc) is 1.82. The largest absolute Gasteiger partial charge is 0.268 e. The molecule has 0 aliphatic heterocycles. The summed E-state index contributed by atoms with van der Waals surface area (Å²) < 4.78 is 0. The van der Waals surface area contributed by atoms with Gasteiger partial charge in [-0.2, -0.15) is 0 Å². The van der Waals surface area contributed by atoms with Gasteiger partial charge < -0.3 is 0 Å². The Hall–Kier alpha value is -1.05. The second-order valence-electron chi connectivity index (χ2n) is 1.70. The number of allylic oxidation sites excluding steroid dienone is 3. The number of carbonyl (C=O) groups is 1. The molecular weight excluding hydrogens is 114 g/mol. The summed E-state index contributed by atoms with van der Waals surface area (Å²) in [6, 6.07) is 0. The first-order valence-electron chi connectivity index (χ1n) is 2.74. The van der Waals surface area contributed by atoms with E-state index in [1.807, 2.05) is 13.0 Å². The molecule has 0 saturated carbocycles. The second-order valence-corrected chi connectivity index (χ2v) is 1.70. The highest BCUT2D eigenvalue weighted by molar-refractivity contribution is 5.90. The van der Waals surface area contributed by atoms with E-state index in [2.05, 4.69) is 0 Å². The molecule has 0 rings (SSSR count). The number of hydrogen-bond acceptors (Lipinski definition) is 1. The van der Waals surface area contributed by atoms with Crippen LogP contribution >= 0.6 is 0 Å². The Bertz CT molecular complexity index is 156. The fraction of sp³-hybridized carbons (Fsp3) is 0.286. The van der Waals surface area contributed by atoms with Gasteiger partial charge in [-0.25, -0.2) is 0 Å². The van der Waals surface area contributed by atoms with E-state index < -0.39 is 5.91 Å². The number of hydrogen-bond donors (Lipinski definition) is 0. The fourth-order valence-electron chi connectivity index (χ4n) is 0.316. The van der Waals surface area contributed by atoms with Crippen molar-refractivity contribution in [3.8, 4) is 0 Å². The fourth-order valence-corrected chi connectivity index (χ4v) is 0.316. The van der Waals surface area contributed by atoms with Crippen molar-refractivity contribution < 1.29 is 4.79 Å². The summed E-state index contributed by atoms with van der Waals surface area (Å²) in [5.74, 6) is -0.617. The van der Waals surface area contributed by atoms with Crippen LogP contribution in [0.1, 0.15) is 13.8 Å². The van der Waals surface area contributed by atoms with E-state index in [0.717, 1.165) is 0 Å². The van der Waals surface area contributed by atoms with E-state index >= 15 is 0 Å². The molecule has 1 amide bonds. The zero-order valence-corrected chi connectivity index (χ0v) is 5.64. The van der Waals surface area contributed by atoms with E-state index in [1.165, 1.54) is 0 Å². The lowest BCUT2D eigenvalue weighted by atomic mass is 10.2. The van der Waals surface area contributed by atoms with E-state index in [4.69, 9.17) is 5.73 Å². The van der Waals surface area contributed by atoms with Crippen LogP contribution in [0.4, 0.5) is 0 Å². The van der Waals surface area contributed by atoms with Gasteiger partial charge >= 0.3 is 0 Å². The Balaban J connectivity index is 4.00. The van der Waals surface area contributed by atoms with Gasteiger partial charge in [0.05, 0.1) is 0 Å². The van der Waals surface area contributed by atoms with Gasteiger partial charge in [0.1, 0.15) is 0 Å². The monoisotopic (exact) mass is 124 g/mol. The second kappa shape index (κ2) is 3.89. The van der Waals surface area contributed by atoms with E-state index in [9.17, 15) is 4.79 Å². The molecule has 0 unspecified atom stereocenters. The van der Waals surface area contributed by atoms with E-state index in [-0.39, 0.29) is 0 Å². The maximum Gasteiger partial charge on any atom is 0.265 e. The normalized spacial score (nSPS) is 12.4. The molecule has 0 spiro atoms. The average molecular weight is 124 g/mol. The molecule has 0 aliphatic carbocycles. The molecule has 1 N–H and O–H groups in total. The van der Waals surface area contributed by atoms with E-state index in [1.54, 1.807) is 19.1 Å². The molecule has 0 fully saturated rings. The lowest BCUT2D eigenvalue weighted by molar-refractivity contribution is -0.115. The summed E-state index contributed by atoms with van der Waals surface area (Å²) in [6.45, 7) is 3.48. The molecular formula is C7H10NO. The minimum absolute atomic E-state index is 0.466. The number of rotatable bonds is 2. The molecule has 0 heterocycles. The highest BCUT2D eigenvalue weighted by Gasteiger charge is 1.92. The van der Waals surface area contributed by atoms with Gasteiger partial charge in [0.25, 0.3) is 5.91 Å². The molecule has 2 heteroatoms. The number of nitrogens with one attached hydrogen (secondary N) is 1. The van der Waals surface area contributed by atoms with Crippen molar-refractivity contribution in [2.24, 2.45) is 0 Å². The first kappa shape index (κ1) is 7.95. The van der Waals surface area contributed by atoms with Crippen LogP contribution in [0.25, 0.3) is 0 Å². The van der Waals surface area contributed by atoms with Crippen LogP contribution in [0.5, 0.6) is 0 Å². The van der Waals surface area contributed by atoms with Crippen LogP contribution < -0.4 is 5.73 Å². The third kappa shape index (κ3) is 3.53. The summed E-state index contributed by atoms with van der Waals surface area (Å²) in [4.78, 5) is 10.2. The summed E-state index contributed by atoms with van der Waals surface area (Å²) in [5, 5.41) is 0. The molecule has 2 nitrogen and oxygen atoms in total. The van der Waals surface area contributed by atoms with Crippen LogP contribution in [-0.4, -0.2) is 5.91 Å². The van der Waals surface area contributed by atoms with Crippen molar-refractivity contribution in [1.29, 1.82) is 0 Å². The minimum Gasteiger partial charge on any atom is -0.268 e. The Morgan fingerprint density at radius 1 is 1.56 bits per heavy atom. The van der Waals surface area contributed by atoms with Crippen LogP contribution in [0, 0.1) is 0 Å². The van der Waals surface area contributed by atoms with Gasteiger partial charge in [-0.1, -0.05) is 18.2 Å². The van der Waals surface area contributed by atoms with Gasteiger partial charge in [-0.05, 0) is 13.8 Å². The zero-order chi connectivity index (χ0) is 7.28. The highest BCUT2D eigenvalue weighted by Crippen LogP contribution is 1.90. The molecule has 49 valence electrons. The molecule has 0 saturated heterocycles. The van der Waals surface area contributed by atoms with Crippen molar-refractivity contribution in [3.05, 3.63) is 23.8 Å². The van der Waals surface area contributed by atoms with Crippen molar-refractivity contribution in [3.63, 3.8) is 0 Å². The maximum absolute atomic E-state index is 10.2. The SMILES string of the molecule is CC=CC=C(C)C([NH])=O. The predicted molar refractivity (Wildman–Crippen MR) is 36.7 cm³/mol. The van der Waals surface area contributed by atoms with Crippen LogP contribution in [0.15, 0.2) is 23.8 Å². The van der Waals surface area contributed by atoms with Crippen LogP contribution in [0.2, 0.25) is 0 Å². The lowest BCUT2D eigenvalue weighted by Gasteiger charge is -1.85. The molecule has 0 atom stereocenters. The Kier molecular flexibility index (Phi) is 3.44. The summed E-state index contributed by atoms with van der Waals surface area (Å²) in [7, 11) is 0. The lowest BCUT2D eigenvalue weighted by Crippen LogP contribution is -1.97. The predicted octanol–water partition coefficient (Wildman–Crippen LogP) is 1.32. The molecule has 0 aliphatic rings. The molecule has 9 heavy (non-hydrogen) atoms. The van der Waals surface area contributed by atoms with Crippen LogP contribution in [-0.2, 0) is 4.79 Å². The van der Waals surface area contributed by atoms with Gasteiger partial charge in [0.2, 0.25) is 0 Å². The molecule has 0 aromatic rings. The first-order chi connectivity index (χ1) is 4.18. The molecule has 1 radical (unpaired) electrons. The smallest absolute Gasteiger partial charge is 0.265 e. The van der Waals surface area contributed by atoms with Gasteiger partial charge in [0, 0.05) is 5.57 Å². The Labute approximate surface area is 55.1 Å². The van der Waals surface area contributed by atoms with Gasteiger partial charge in [-0.3, -0.25) is 10.5 Å². The van der Waals surface area contributed by atoms with Crippen molar-refractivity contribution in [2.75, 3.05) is 0 Å². The Morgan fingerprint density at radius 3 is 2.44 bits per heavy atom. The van der Waals surface area contributed by atoms with Crippen molar-refractivity contribution >= 4 is 5.91 Å². The topological polar surface area (TPSA) is 40.9 Å². The quantitative estimate of drug-likeness (QED) is 0.404. The summed E-state index contributed by atoms with van der Waals surface area (Å²) in [5.41, 5.74) is 7.09. The van der Waals surface area contributed by atoms with Gasteiger partial charge in [0.15, 0.2) is 0 Å². The molecule has 0 aromatic heterocycles. The van der Waals surface area contributed by atoms with Crippen molar-refractivity contribution in [2.45, 2.75) is 13.8 Å². The summed E-state index contributed by atoms with van der Waals surface area (Å²) in [6.07, 6.45) is 5.17. The molecule has 0 aromatic carbocycles. The zero-order valence-electron chi connectivity index (χ0n) is 5.64. The summed E-state index contributed by atoms with van der Waals surface area (Å²) >= 11 is 0. The van der Waals surface area contributed by atoms with Crippen LogP contribution in [0.3, 0.4) is 0 Å². The van der Waals surface area contributed by atoms with Gasteiger partial charge in [-0.15, -0.1) is 0 Å². The highest BCUT2D eigenvalue weighted by atomic mass is 16.1. The maximum atomic E-state index is 10.2. The molecule has 0 bridgehead atoms. The minimum atomic E-state index is -0.617. The van der Waals surface area contributed by atoms with Crippen molar-refractivity contribution in [1.82, 2.24) is 5.73 Å². The Morgan fingerprint density at radius 2 is 2.11 bits per heavy atom.